The number of anilines is 1. The number of cyclic esters (lactones) is 1. The number of hydrogen-bond donors (Lipinski definition) is 1. The summed E-state index contributed by atoms with van der Waals surface area (Å²) in [5.41, 5.74) is 0.588. The molecule has 102 valence electrons. The van der Waals surface area contributed by atoms with E-state index in [0.29, 0.717) is 18.0 Å². The summed E-state index contributed by atoms with van der Waals surface area (Å²) < 4.78 is 10.2. The Bertz CT molecular complexity index is 488. The number of carboxylic acids is 1. The number of hydrogen-bond acceptors (Lipinski definition) is 4. The highest BCUT2D eigenvalue weighted by Crippen LogP contribution is 2.31. The molecular formula is C13H15NO5. The van der Waals surface area contributed by atoms with Crippen LogP contribution in [-0.4, -0.2) is 37.4 Å². The lowest BCUT2D eigenvalue weighted by atomic mass is 10.0. The van der Waals surface area contributed by atoms with E-state index in [-0.39, 0.29) is 18.9 Å². The van der Waals surface area contributed by atoms with Gasteiger partial charge in [-0.2, -0.15) is 0 Å². The summed E-state index contributed by atoms with van der Waals surface area (Å²) in [6, 6.07) is 7.06. The van der Waals surface area contributed by atoms with Gasteiger partial charge in [0.15, 0.2) is 0 Å². The van der Waals surface area contributed by atoms with E-state index in [1.54, 1.807) is 24.3 Å². The number of nitrogens with zero attached hydrogens (tertiary/aromatic N) is 1. The van der Waals surface area contributed by atoms with E-state index in [4.69, 9.17) is 14.6 Å². The fraction of sp³-hybridized carbons (Fsp3) is 0.385. The molecule has 0 spiro atoms. The van der Waals surface area contributed by atoms with Gasteiger partial charge in [0.05, 0.1) is 25.8 Å². The first kappa shape index (κ1) is 13.2. The molecule has 1 aliphatic rings. The van der Waals surface area contributed by atoms with Crippen LogP contribution < -0.4 is 9.64 Å². The summed E-state index contributed by atoms with van der Waals surface area (Å²) in [4.78, 5) is 23.9. The van der Waals surface area contributed by atoms with Gasteiger partial charge in [0, 0.05) is 12.5 Å². The number of rotatable bonds is 4. The Kier molecular flexibility index (Phi) is 3.89. The van der Waals surface area contributed by atoms with Gasteiger partial charge in [0.25, 0.3) is 0 Å². The van der Waals surface area contributed by atoms with Crippen LogP contribution in [0.1, 0.15) is 6.42 Å². The Balaban J connectivity index is 2.21. The van der Waals surface area contributed by atoms with Gasteiger partial charge in [0.1, 0.15) is 5.75 Å². The lowest BCUT2D eigenvalue weighted by molar-refractivity contribution is -0.138. The molecule has 1 amide bonds. The highest BCUT2D eigenvalue weighted by Gasteiger charge is 2.31. The maximum Gasteiger partial charge on any atom is 0.414 e. The predicted octanol–water partition coefficient (Wildman–Crippen LogP) is 1.74. The molecule has 1 saturated heterocycles. The zero-order valence-corrected chi connectivity index (χ0v) is 10.5. The van der Waals surface area contributed by atoms with Crippen LogP contribution in [0.25, 0.3) is 0 Å². The van der Waals surface area contributed by atoms with Crippen molar-refractivity contribution in [1.29, 1.82) is 0 Å². The Labute approximate surface area is 110 Å². The second-order valence-corrected chi connectivity index (χ2v) is 4.32. The van der Waals surface area contributed by atoms with Crippen molar-refractivity contribution in [2.24, 2.45) is 5.92 Å². The van der Waals surface area contributed by atoms with Crippen LogP contribution >= 0.6 is 0 Å². The Morgan fingerprint density at radius 1 is 1.53 bits per heavy atom. The molecule has 1 aromatic carbocycles. The van der Waals surface area contributed by atoms with Crippen molar-refractivity contribution in [3.05, 3.63) is 24.3 Å². The van der Waals surface area contributed by atoms with Gasteiger partial charge in [-0.1, -0.05) is 12.1 Å². The van der Waals surface area contributed by atoms with Crippen molar-refractivity contribution < 1.29 is 24.2 Å². The van der Waals surface area contributed by atoms with Gasteiger partial charge in [-0.3, -0.25) is 9.69 Å². The van der Waals surface area contributed by atoms with Crippen LogP contribution in [-0.2, 0) is 9.53 Å². The third kappa shape index (κ3) is 2.96. The first-order valence-corrected chi connectivity index (χ1v) is 5.91. The molecule has 0 bridgehead atoms. The van der Waals surface area contributed by atoms with Crippen molar-refractivity contribution in [2.75, 3.05) is 25.2 Å². The summed E-state index contributed by atoms with van der Waals surface area (Å²) in [6.07, 6.45) is -0.509. The van der Waals surface area contributed by atoms with Gasteiger partial charge in [-0.05, 0) is 12.1 Å². The van der Waals surface area contributed by atoms with Crippen molar-refractivity contribution >= 4 is 17.7 Å². The molecule has 1 fully saturated rings. The first-order valence-electron chi connectivity index (χ1n) is 5.91. The zero-order valence-electron chi connectivity index (χ0n) is 10.5. The van der Waals surface area contributed by atoms with Crippen molar-refractivity contribution in [1.82, 2.24) is 0 Å². The lowest BCUT2D eigenvalue weighted by Crippen LogP contribution is -2.44. The number of para-hydroxylation sites is 2. The summed E-state index contributed by atoms with van der Waals surface area (Å²) in [5, 5.41) is 8.81. The van der Waals surface area contributed by atoms with Crippen LogP contribution in [0.4, 0.5) is 10.5 Å². The number of aliphatic carboxylic acids is 1. The summed E-state index contributed by atoms with van der Waals surface area (Å²) in [7, 11) is 1.52. The molecule has 19 heavy (non-hydrogen) atoms. The standard InChI is InChI=1S/C13H15NO5/c1-18-11-5-3-2-4-10(11)14-7-9(6-12(15)16)8-19-13(14)17/h2-5,9H,6-8H2,1H3,(H,15,16). The van der Waals surface area contributed by atoms with E-state index in [1.807, 2.05) is 0 Å². The smallest absolute Gasteiger partial charge is 0.414 e. The van der Waals surface area contributed by atoms with E-state index in [2.05, 4.69) is 0 Å². The molecule has 1 atom stereocenters. The zero-order chi connectivity index (χ0) is 13.8. The Morgan fingerprint density at radius 2 is 2.26 bits per heavy atom. The first-order chi connectivity index (χ1) is 9.11. The summed E-state index contributed by atoms with van der Waals surface area (Å²) in [6.45, 7) is 0.447. The minimum Gasteiger partial charge on any atom is -0.495 e. The molecule has 2 rings (SSSR count). The van der Waals surface area contributed by atoms with Crippen LogP contribution in [0, 0.1) is 5.92 Å². The third-order valence-corrected chi connectivity index (χ3v) is 2.94. The minimum atomic E-state index is -0.900. The quantitative estimate of drug-likeness (QED) is 0.897. The Morgan fingerprint density at radius 3 is 2.95 bits per heavy atom. The number of benzene rings is 1. The molecule has 1 N–H and O–H groups in total. The molecule has 0 radical (unpaired) electrons. The molecule has 6 nitrogen and oxygen atoms in total. The maximum atomic E-state index is 11.8. The van der Waals surface area contributed by atoms with Gasteiger partial charge < -0.3 is 14.6 Å². The Hall–Kier alpha value is -2.24. The molecular weight excluding hydrogens is 250 g/mol. The molecule has 1 aromatic rings. The molecule has 0 saturated carbocycles. The average Bonchev–Trinajstić information content (AvgIpc) is 2.40. The molecule has 0 aromatic heterocycles. The number of carbonyl (C=O) groups is 2. The second kappa shape index (κ2) is 5.60. The highest BCUT2D eigenvalue weighted by molar-refractivity contribution is 5.90. The van der Waals surface area contributed by atoms with Crippen molar-refractivity contribution in [3.8, 4) is 5.75 Å². The van der Waals surface area contributed by atoms with Gasteiger partial charge in [-0.25, -0.2) is 4.79 Å². The average molecular weight is 265 g/mol. The van der Waals surface area contributed by atoms with E-state index < -0.39 is 12.1 Å². The monoisotopic (exact) mass is 265 g/mol. The highest BCUT2D eigenvalue weighted by atomic mass is 16.6. The normalized spacial score (nSPS) is 18.9. The fourth-order valence-corrected chi connectivity index (χ4v) is 2.07. The number of ether oxygens (including phenoxy) is 2. The van der Waals surface area contributed by atoms with Crippen molar-refractivity contribution in [2.45, 2.75) is 6.42 Å². The van der Waals surface area contributed by atoms with E-state index in [1.165, 1.54) is 12.0 Å². The van der Waals surface area contributed by atoms with Gasteiger partial charge >= 0.3 is 12.1 Å². The van der Waals surface area contributed by atoms with E-state index >= 15 is 0 Å². The van der Waals surface area contributed by atoms with E-state index in [0.717, 1.165) is 0 Å². The van der Waals surface area contributed by atoms with Crippen LogP contribution in [0.15, 0.2) is 24.3 Å². The molecule has 1 heterocycles. The fourth-order valence-electron chi connectivity index (χ4n) is 2.07. The summed E-state index contributed by atoms with van der Waals surface area (Å²) in [5.74, 6) is -0.571. The van der Waals surface area contributed by atoms with E-state index in [9.17, 15) is 9.59 Å². The second-order valence-electron chi connectivity index (χ2n) is 4.32. The molecule has 1 aliphatic heterocycles. The van der Waals surface area contributed by atoms with Gasteiger partial charge in [0.2, 0.25) is 0 Å². The number of methoxy groups -OCH3 is 1. The minimum absolute atomic E-state index is 0.0288. The largest absolute Gasteiger partial charge is 0.495 e. The van der Waals surface area contributed by atoms with Crippen molar-refractivity contribution in [3.63, 3.8) is 0 Å². The lowest BCUT2D eigenvalue weighted by Gasteiger charge is -2.32. The van der Waals surface area contributed by atoms with Crippen LogP contribution in [0.3, 0.4) is 0 Å². The predicted molar refractivity (Wildman–Crippen MR) is 67.4 cm³/mol. The third-order valence-electron chi connectivity index (χ3n) is 2.94. The van der Waals surface area contributed by atoms with Crippen LogP contribution in [0.5, 0.6) is 5.75 Å². The molecule has 6 heteroatoms. The topological polar surface area (TPSA) is 76.1 Å². The summed E-state index contributed by atoms with van der Waals surface area (Å²) >= 11 is 0. The number of amides is 1. The van der Waals surface area contributed by atoms with Gasteiger partial charge in [-0.15, -0.1) is 0 Å². The molecule has 1 unspecified atom stereocenters. The molecule has 0 aliphatic carbocycles. The van der Waals surface area contributed by atoms with Crippen LogP contribution in [0.2, 0.25) is 0 Å². The SMILES string of the molecule is COc1ccccc1N1CC(CC(=O)O)COC1=O. The number of carbonyl (C=O) groups excluding carboxylic acids is 1. The maximum absolute atomic E-state index is 11.8. The number of carboxylic acid groups (broad SMARTS) is 1.